The van der Waals surface area contributed by atoms with E-state index < -0.39 is 0 Å². The number of aryl methyl sites for hydroxylation is 1. The molecule has 5 nitrogen and oxygen atoms in total. The molecule has 1 aromatic heterocycles. The second-order valence-corrected chi connectivity index (χ2v) is 5.11. The van der Waals surface area contributed by atoms with Crippen LogP contribution in [0.15, 0.2) is 53.5 Å². The second kappa shape index (κ2) is 5.96. The molecule has 5 heteroatoms. The van der Waals surface area contributed by atoms with Gasteiger partial charge in [0.25, 0.3) is 0 Å². The normalized spacial score (nSPS) is 11.2. The van der Waals surface area contributed by atoms with Crippen LogP contribution in [0.4, 0.5) is 5.69 Å². The summed E-state index contributed by atoms with van der Waals surface area (Å²) >= 11 is 0. The monoisotopic (exact) mass is 308 g/mol. The Balaban J connectivity index is 1.94. The van der Waals surface area contributed by atoms with Crippen molar-refractivity contribution >= 4 is 28.8 Å². The summed E-state index contributed by atoms with van der Waals surface area (Å²) < 4.78 is 6.38. The molecule has 0 fully saturated rings. The van der Waals surface area contributed by atoms with E-state index in [9.17, 15) is 9.90 Å². The number of fused-ring (bicyclic) bond motifs is 1. The van der Waals surface area contributed by atoms with E-state index in [1.807, 2.05) is 24.3 Å². The number of hydrogen-bond donors (Lipinski definition) is 1. The maximum atomic E-state index is 11.4. The highest BCUT2D eigenvalue weighted by atomic mass is 16.5. The van der Waals surface area contributed by atoms with E-state index in [0.29, 0.717) is 16.8 Å². The fourth-order valence-corrected chi connectivity index (χ4v) is 2.48. The standard InChI is InChI=1S/C18H16N2O3/c1-20-16-6-4-3-5-14(16)15(17(20)21)11-19-13-9-7-12(8-10-13)18(22)23-2/h3-11,21H,1-2H3. The first-order chi connectivity index (χ1) is 11.1. The molecule has 0 aliphatic heterocycles. The third-order valence-electron chi connectivity index (χ3n) is 3.75. The fraction of sp³-hybridized carbons (Fsp3) is 0.111. The Labute approximate surface area is 133 Å². The van der Waals surface area contributed by atoms with Crippen molar-refractivity contribution in [2.75, 3.05) is 7.11 Å². The highest BCUT2D eigenvalue weighted by Gasteiger charge is 2.11. The first kappa shape index (κ1) is 14.8. The van der Waals surface area contributed by atoms with Crippen LogP contribution in [0.3, 0.4) is 0 Å². The lowest BCUT2D eigenvalue weighted by Gasteiger charge is -1.99. The van der Waals surface area contributed by atoms with Crippen LogP contribution in [0.1, 0.15) is 15.9 Å². The molecule has 116 valence electrons. The van der Waals surface area contributed by atoms with Crippen LogP contribution in [-0.4, -0.2) is 29.0 Å². The van der Waals surface area contributed by atoms with Crippen LogP contribution in [0.25, 0.3) is 10.9 Å². The SMILES string of the molecule is COC(=O)c1ccc(N=Cc2c(O)n(C)c3ccccc23)cc1. The molecule has 0 saturated heterocycles. The minimum absolute atomic E-state index is 0.168. The molecule has 0 spiro atoms. The van der Waals surface area contributed by atoms with Crippen LogP contribution in [0, 0.1) is 0 Å². The predicted octanol–water partition coefficient (Wildman–Crippen LogP) is 3.42. The van der Waals surface area contributed by atoms with Crippen molar-refractivity contribution in [2.45, 2.75) is 0 Å². The summed E-state index contributed by atoms with van der Waals surface area (Å²) in [5.74, 6) is -0.214. The van der Waals surface area contributed by atoms with Crippen molar-refractivity contribution in [3.63, 3.8) is 0 Å². The molecule has 3 aromatic rings. The zero-order valence-corrected chi connectivity index (χ0v) is 12.9. The number of aliphatic imine (C=N–C) groups is 1. The first-order valence-corrected chi connectivity index (χ1v) is 7.10. The van der Waals surface area contributed by atoms with Gasteiger partial charge in [-0.3, -0.25) is 4.99 Å². The molecule has 1 heterocycles. The van der Waals surface area contributed by atoms with E-state index >= 15 is 0 Å². The second-order valence-electron chi connectivity index (χ2n) is 5.11. The number of nitrogens with zero attached hydrogens (tertiary/aromatic N) is 2. The van der Waals surface area contributed by atoms with Crippen molar-refractivity contribution in [3.8, 4) is 5.88 Å². The molecule has 0 unspecified atom stereocenters. The maximum Gasteiger partial charge on any atom is 0.337 e. The van der Waals surface area contributed by atoms with Gasteiger partial charge in [0, 0.05) is 18.6 Å². The molecule has 0 amide bonds. The van der Waals surface area contributed by atoms with E-state index in [-0.39, 0.29) is 11.8 Å². The molecule has 0 bridgehead atoms. The maximum absolute atomic E-state index is 11.4. The van der Waals surface area contributed by atoms with E-state index in [4.69, 9.17) is 0 Å². The number of para-hydroxylation sites is 1. The van der Waals surface area contributed by atoms with Crippen molar-refractivity contribution in [2.24, 2.45) is 12.0 Å². The number of ether oxygens (including phenoxy) is 1. The lowest BCUT2D eigenvalue weighted by Crippen LogP contribution is -1.99. The number of carbonyl (C=O) groups excluding carboxylic acids is 1. The summed E-state index contributed by atoms with van der Waals surface area (Å²) in [5.41, 5.74) is 2.76. The number of benzene rings is 2. The van der Waals surface area contributed by atoms with Gasteiger partial charge in [-0.25, -0.2) is 4.79 Å². The van der Waals surface area contributed by atoms with Gasteiger partial charge in [0.1, 0.15) is 0 Å². The van der Waals surface area contributed by atoms with Gasteiger partial charge in [-0.1, -0.05) is 18.2 Å². The van der Waals surface area contributed by atoms with Crippen LogP contribution < -0.4 is 0 Å². The van der Waals surface area contributed by atoms with E-state index in [1.165, 1.54) is 7.11 Å². The van der Waals surface area contributed by atoms with Gasteiger partial charge < -0.3 is 14.4 Å². The van der Waals surface area contributed by atoms with Gasteiger partial charge >= 0.3 is 5.97 Å². The zero-order valence-electron chi connectivity index (χ0n) is 12.9. The van der Waals surface area contributed by atoms with Crippen molar-refractivity contribution in [1.29, 1.82) is 0 Å². The number of aromatic nitrogens is 1. The molecule has 2 aromatic carbocycles. The van der Waals surface area contributed by atoms with Gasteiger partial charge in [0.2, 0.25) is 5.88 Å². The van der Waals surface area contributed by atoms with Gasteiger partial charge in [-0.15, -0.1) is 0 Å². The summed E-state index contributed by atoms with van der Waals surface area (Å²) in [7, 11) is 3.15. The zero-order chi connectivity index (χ0) is 16.4. The summed E-state index contributed by atoms with van der Waals surface area (Å²) in [6.07, 6.45) is 1.63. The topological polar surface area (TPSA) is 63.8 Å². The Morgan fingerprint density at radius 3 is 2.57 bits per heavy atom. The Morgan fingerprint density at radius 1 is 1.17 bits per heavy atom. The summed E-state index contributed by atoms with van der Waals surface area (Å²) in [6.45, 7) is 0. The molecule has 0 radical (unpaired) electrons. The van der Waals surface area contributed by atoms with Gasteiger partial charge in [0.05, 0.1) is 29.4 Å². The molecule has 0 aliphatic carbocycles. The molecular formula is C18H16N2O3. The Morgan fingerprint density at radius 2 is 1.87 bits per heavy atom. The molecule has 23 heavy (non-hydrogen) atoms. The van der Waals surface area contributed by atoms with Crippen LogP contribution in [0.5, 0.6) is 5.88 Å². The highest BCUT2D eigenvalue weighted by Crippen LogP contribution is 2.29. The van der Waals surface area contributed by atoms with Crippen LogP contribution in [0.2, 0.25) is 0 Å². The summed E-state index contributed by atoms with van der Waals surface area (Å²) in [5, 5.41) is 11.2. The largest absolute Gasteiger partial charge is 0.494 e. The molecule has 0 aliphatic rings. The number of aromatic hydroxyl groups is 1. The Bertz CT molecular complexity index is 893. The number of methoxy groups -OCH3 is 1. The quantitative estimate of drug-likeness (QED) is 0.595. The number of rotatable bonds is 3. The molecule has 0 saturated carbocycles. The van der Waals surface area contributed by atoms with E-state index in [2.05, 4.69) is 9.73 Å². The van der Waals surface area contributed by atoms with Gasteiger partial charge in [-0.2, -0.15) is 0 Å². The fourth-order valence-electron chi connectivity index (χ4n) is 2.48. The predicted molar refractivity (Wildman–Crippen MR) is 89.6 cm³/mol. The Kier molecular flexibility index (Phi) is 3.85. The van der Waals surface area contributed by atoms with Crippen molar-refractivity contribution < 1.29 is 14.6 Å². The number of carbonyl (C=O) groups is 1. The third-order valence-corrected chi connectivity index (χ3v) is 3.75. The van der Waals surface area contributed by atoms with Crippen LogP contribution >= 0.6 is 0 Å². The van der Waals surface area contributed by atoms with E-state index in [1.54, 1.807) is 42.1 Å². The average Bonchev–Trinajstić information content (AvgIpc) is 2.84. The third kappa shape index (κ3) is 2.68. The number of esters is 1. The minimum Gasteiger partial charge on any atom is -0.494 e. The number of hydrogen-bond acceptors (Lipinski definition) is 4. The van der Waals surface area contributed by atoms with Crippen molar-refractivity contribution in [3.05, 3.63) is 59.7 Å². The first-order valence-electron chi connectivity index (χ1n) is 7.10. The van der Waals surface area contributed by atoms with Crippen molar-refractivity contribution in [1.82, 2.24) is 4.57 Å². The average molecular weight is 308 g/mol. The minimum atomic E-state index is -0.382. The molecule has 0 atom stereocenters. The molecular weight excluding hydrogens is 292 g/mol. The lowest BCUT2D eigenvalue weighted by atomic mass is 10.2. The summed E-state index contributed by atoms with van der Waals surface area (Å²) in [4.78, 5) is 15.8. The smallest absolute Gasteiger partial charge is 0.337 e. The lowest BCUT2D eigenvalue weighted by molar-refractivity contribution is 0.0601. The molecule has 3 rings (SSSR count). The highest BCUT2D eigenvalue weighted by molar-refractivity contribution is 6.03. The Hall–Kier alpha value is -3.08. The van der Waals surface area contributed by atoms with E-state index in [0.717, 1.165) is 10.9 Å². The van der Waals surface area contributed by atoms with Gasteiger partial charge in [0.15, 0.2) is 0 Å². The van der Waals surface area contributed by atoms with Gasteiger partial charge in [-0.05, 0) is 30.3 Å². The molecule has 1 N–H and O–H groups in total. The summed E-state index contributed by atoms with van der Waals surface area (Å²) in [6, 6.07) is 14.5. The van der Waals surface area contributed by atoms with Crippen LogP contribution in [-0.2, 0) is 11.8 Å².